The Morgan fingerprint density at radius 1 is 1.53 bits per heavy atom. The van der Waals surface area contributed by atoms with Gasteiger partial charge in [0.25, 0.3) is 0 Å². The molecule has 0 aliphatic carbocycles. The molecule has 1 aromatic heterocycles. The Morgan fingerprint density at radius 3 is 2.80 bits per heavy atom. The minimum absolute atomic E-state index is 0.393. The number of nitrogens with zero attached hydrogens (tertiary/aromatic N) is 2. The first-order valence-corrected chi connectivity index (χ1v) is 5.94. The van der Waals surface area contributed by atoms with Crippen molar-refractivity contribution in [2.45, 2.75) is 26.5 Å². The molecule has 1 aromatic rings. The first kappa shape index (κ1) is 12.7. The van der Waals surface area contributed by atoms with Crippen molar-refractivity contribution >= 4 is 15.9 Å². The maximum Gasteiger partial charge on any atom is 0.0860 e. The standard InChI is InChI=1S/C10H18BrN3O/c1-8(2)3-12-5-10(15)7-14-6-9(11)4-13-14/h4,6,8,10,12,15H,3,5,7H2,1-2H3. The van der Waals surface area contributed by atoms with Gasteiger partial charge in [-0.15, -0.1) is 0 Å². The summed E-state index contributed by atoms with van der Waals surface area (Å²) in [6, 6.07) is 0. The van der Waals surface area contributed by atoms with Gasteiger partial charge in [0.1, 0.15) is 0 Å². The van der Waals surface area contributed by atoms with E-state index in [4.69, 9.17) is 0 Å². The van der Waals surface area contributed by atoms with E-state index in [-0.39, 0.29) is 0 Å². The van der Waals surface area contributed by atoms with Gasteiger partial charge < -0.3 is 10.4 Å². The highest BCUT2D eigenvalue weighted by molar-refractivity contribution is 9.10. The molecule has 1 unspecified atom stereocenters. The summed E-state index contributed by atoms with van der Waals surface area (Å²) >= 11 is 3.31. The van der Waals surface area contributed by atoms with Crippen molar-refractivity contribution in [2.24, 2.45) is 5.92 Å². The predicted octanol–water partition coefficient (Wildman–Crippen LogP) is 1.25. The Kier molecular flexibility index (Phi) is 5.28. The van der Waals surface area contributed by atoms with Crippen molar-refractivity contribution in [1.29, 1.82) is 0 Å². The topological polar surface area (TPSA) is 50.1 Å². The van der Waals surface area contributed by atoms with E-state index in [2.05, 4.69) is 40.2 Å². The summed E-state index contributed by atoms with van der Waals surface area (Å²) in [5.41, 5.74) is 0. The maximum absolute atomic E-state index is 9.69. The predicted molar refractivity (Wildman–Crippen MR) is 63.6 cm³/mol. The third kappa shape index (κ3) is 5.30. The summed E-state index contributed by atoms with van der Waals surface area (Å²) in [5.74, 6) is 0.607. The lowest BCUT2D eigenvalue weighted by Gasteiger charge is -2.13. The molecule has 0 saturated heterocycles. The summed E-state index contributed by atoms with van der Waals surface area (Å²) in [6.45, 7) is 6.35. The van der Waals surface area contributed by atoms with Crippen molar-refractivity contribution in [3.05, 3.63) is 16.9 Å². The van der Waals surface area contributed by atoms with Crippen LogP contribution in [0.5, 0.6) is 0 Å². The van der Waals surface area contributed by atoms with Crippen molar-refractivity contribution in [3.8, 4) is 0 Å². The highest BCUT2D eigenvalue weighted by Gasteiger charge is 2.05. The van der Waals surface area contributed by atoms with E-state index in [1.165, 1.54) is 0 Å². The average Bonchev–Trinajstić information content (AvgIpc) is 2.50. The van der Waals surface area contributed by atoms with Crippen LogP contribution in [0.15, 0.2) is 16.9 Å². The van der Waals surface area contributed by atoms with Crippen molar-refractivity contribution in [2.75, 3.05) is 13.1 Å². The van der Waals surface area contributed by atoms with Gasteiger partial charge in [-0.1, -0.05) is 13.8 Å². The van der Waals surface area contributed by atoms with E-state index in [1.807, 2.05) is 6.20 Å². The highest BCUT2D eigenvalue weighted by atomic mass is 79.9. The molecule has 0 aliphatic heterocycles. The van der Waals surface area contributed by atoms with Gasteiger partial charge in [-0.25, -0.2) is 0 Å². The van der Waals surface area contributed by atoms with E-state index in [9.17, 15) is 5.11 Å². The summed E-state index contributed by atoms with van der Waals surface area (Å²) < 4.78 is 2.66. The number of rotatable bonds is 6. The second kappa shape index (κ2) is 6.25. The van der Waals surface area contributed by atoms with Gasteiger partial charge in [-0.05, 0) is 28.4 Å². The molecular formula is C10H18BrN3O. The SMILES string of the molecule is CC(C)CNCC(O)Cn1cc(Br)cn1. The third-order valence-electron chi connectivity index (χ3n) is 1.93. The molecule has 15 heavy (non-hydrogen) atoms. The largest absolute Gasteiger partial charge is 0.390 e. The monoisotopic (exact) mass is 275 g/mol. The molecule has 86 valence electrons. The first-order valence-electron chi connectivity index (χ1n) is 5.14. The molecule has 0 aliphatic rings. The molecule has 1 heterocycles. The minimum atomic E-state index is -0.393. The molecule has 5 heteroatoms. The molecule has 0 saturated carbocycles. The molecule has 0 radical (unpaired) electrons. The molecule has 0 amide bonds. The van der Waals surface area contributed by atoms with E-state index in [0.717, 1.165) is 11.0 Å². The van der Waals surface area contributed by atoms with Crippen LogP contribution in [0.25, 0.3) is 0 Å². The van der Waals surface area contributed by atoms with Crippen molar-refractivity contribution in [1.82, 2.24) is 15.1 Å². The zero-order chi connectivity index (χ0) is 11.3. The smallest absolute Gasteiger partial charge is 0.0860 e. The summed E-state index contributed by atoms with van der Waals surface area (Å²) in [5, 5.41) is 17.0. The van der Waals surface area contributed by atoms with E-state index in [1.54, 1.807) is 10.9 Å². The number of aromatic nitrogens is 2. The fraction of sp³-hybridized carbons (Fsp3) is 0.700. The van der Waals surface area contributed by atoms with Crippen LogP contribution < -0.4 is 5.32 Å². The molecule has 4 nitrogen and oxygen atoms in total. The van der Waals surface area contributed by atoms with Crippen LogP contribution in [-0.4, -0.2) is 34.1 Å². The van der Waals surface area contributed by atoms with Gasteiger partial charge in [0, 0.05) is 12.7 Å². The Balaban J connectivity index is 2.21. The van der Waals surface area contributed by atoms with Gasteiger partial charge in [-0.3, -0.25) is 4.68 Å². The molecule has 2 N–H and O–H groups in total. The van der Waals surface area contributed by atoms with Crippen LogP contribution in [0.1, 0.15) is 13.8 Å². The summed E-state index contributed by atoms with van der Waals surface area (Å²) in [4.78, 5) is 0. The second-order valence-corrected chi connectivity index (χ2v) is 5.00. The second-order valence-electron chi connectivity index (χ2n) is 4.09. The number of nitrogens with one attached hydrogen (secondary N) is 1. The molecule has 1 atom stereocenters. The molecule has 0 spiro atoms. The Labute approximate surface area is 98.8 Å². The number of aliphatic hydroxyl groups excluding tert-OH is 1. The minimum Gasteiger partial charge on any atom is -0.390 e. The first-order chi connectivity index (χ1) is 7.08. The summed E-state index contributed by atoms with van der Waals surface area (Å²) in [7, 11) is 0. The zero-order valence-electron chi connectivity index (χ0n) is 9.15. The molecule has 0 fully saturated rings. The van der Waals surface area contributed by atoms with Crippen LogP contribution >= 0.6 is 15.9 Å². The lowest BCUT2D eigenvalue weighted by molar-refractivity contribution is 0.146. The van der Waals surface area contributed by atoms with E-state index < -0.39 is 6.10 Å². The van der Waals surface area contributed by atoms with Gasteiger partial charge in [-0.2, -0.15) is 5.10 Å². The quantitative estimate of drug-likeness (QED) is 0.822. The normalized spacial score (nSPS) is 13.4. The Morgan fingerprint density at radius 2 is 2.27 bits per heavy atom. The fourth-order valence-corrected chi connectivity index (χ4v) is 1.59. The van der Waals surface area contributed by atoms with Crippen molar-refractivity contribution < 1.29 is 5.11 Å². The average molecular weight is 276 g/mol. The van der Waals surface area contributed by atoms with E-state index >= 15 is 0 Å². The summed E-state index contributed by atoms with van der Waals surface area (Å²) in [6.07, 6.45) is 3.18. The third-order valence-corrected chi connectivity index (χ3v) is 2.34. The highest BCUT2D eigenvalue weighted by Crippen LogP contribution is 2.06. The Bertz CT molecular complexity index is 288. The van der Waals surface area contributed by atoms with E-state index in [0.29, 0.717) is 19.0 Å². The van der Waals surface area contributed by atoms with Crippen LogP contribution in [0.2, 0.25) is 0 Å². The molecule has 0 bridgehead atoms. The van der Waals surface area contributed by atoms with Crippen molar-refractivity contribution in [3.63, 3.8) is 0 Å². The lowest BCUT2D eigenvalue weighted by atomic mass is 10.2. The zero-order valence-corrected chi connectivity index (χ0v) is 10.7. The van der Waals surface area contributed by atoms with Crippen LogP contribution in [-0.2, 0) is 6.54 Å². The molecular weight excluding hydrogens is 258 g/mol. The number of halogens is 1. The molecule has 1 rings (SSSR count). The van der Waals surface area contributed by atoms with Gasteiger partial charge in [0.05, 0.1) is 23.3 Å². The molecule has 0 aromatic carbocycles. The number of hydrogen-bond donors (Lipinski definition) is 2. The van der Waals surface area contributed by atoms with Crippen LogP contribution in [0.4, 0.5) is 0 Å². The van der Waals surface area contributed by atoms with Crippen LogP contribution in [0, 0.1) is 5.92 Å². The lowest BCUT2D eigenvalue weighted by Crippen LogP contribution is -2.32. The van der Waals surface area contributed by atoms with Gasteiger partial charge in [0.2, 0.25) is 0 Å². The number of hydrogen-bond acceptors (Lipinski definition) is 3. The van der Waals surface area contributed by atoms with Gasteiger partial charge in [0.15, 0.2) is 0 Å². The fourth-order valence-electron chi connectivity index (χ4n) is 1.26. The maximum atomic E-state index is 9.69. The number of aliphatic hydroxyl groups is 1. The Hall–Kier alpha value is -0.390. The van der Waals surface area contributed by atoms with Crippen LogP contribution in [0.3, 0.4) is 0 Å². The van der Waals surface area contributed by atoms with Gasteiger partial charge >= 0.3 is 0 Å².